The fourth-order valence-corrected chi connectivity index (χ4v) is 2.73. The molecule has 1 fully saturated rings. The highest BCUT2D eigenvalue weighted by Gasteiger charge is 2.19. The molecule has 5 nitrogen and oxygen atoms in total. The maximum atomic E-state index is 5.98. The highest BCUT2D eigenvalue weighted by atomic mass is 16.5. The van der Waals surface area contributed by atoms with Crippen LogP contribution in [0.1, 0.15) is 0 Å². The Morgan fingerprint density at radius 3 is 2.57 bits per heavy atom. The lowest BCUT2D eigenvalue weighted by atomic mass is 10.2. The van der Waals surface area contributed by atoms with Gasteiger partial charge < -0.3 is 14.1 Å². The molecule has 4 rings (SSSR count). The van der Waals surface area contributed by atoms with E-state index in [1.165, 1.54) is 0 Å². The van der Waals surface area contributed by atoms with E-state index in [0.717, 1.165) is 49.0 Å². The van der Waals surface area contributed by atoms with E-state index in [1.54, 1.807) is 12.4 Å². The van der Waals surface area contributed by atoms with Crippen LogP contribution in [0.25, 0.3) is 22.8 Å². The van der Waals surface area contributed by atoms with Gasteiger partial charge in [-0.1, -0.05) is 30.3 Å². The fourth-order valence-electron chi connectivity index (χ4n) is 2.73. The number of hydrogen-bond acceptors (Lipinski definition) is 5. The molecule has 0 saturated carbocycles. The van der Waals surface area contributed by atoms with Gasteiger partial charge in [-0.15, -0.1) is 0 Å². The third-order valence-corrected chi connectivity index (χ3v) is 3.89. The van der Waals surface area contributed by atoms with Crippen LogP contribution >= 0.6 is 0 Å². The maximum Gasteiger partial charge on any atom is 0.230 e. The molecule has 1 aliphatic rings. The minimum Gasteiger partial charge on any atom is -0.436 e. The molecule has 0 amide bonds. The number of morpholine rings is 1. The topological polar surface area (TPSA) is 51.4 Å². The Morgan fingerprint density at radius 2 is 1.74 bits per heavy atom. The van der Waals surface area contributed by atoms with Crippen molar-refractivity contribution in [1.82, 2.24) is 9.97 Å². The van der Waals surface area contributed by atoms with E-state index in [0.29, 0.717) is 5.89 Å². The Hall–Kier alpha value is -2.66. The quantitative estimate of drug-likeness (QED) is 0.743. The van der Waals surface area contributed by atoms with Crippen molar-refractivity contribution in [3.8, 4) is 22.8 Å². The molecule has 2 aromatic heterocycles. The summed E-state index contributed by atoms with van der Waals surface area (Å²) in [6.45, 7) is 3.10. The van der Waals surface area contributed by atoms with Gasteiger partial charge in [0.05, 0.1) is 25.0 Å². The maximum absolute atomic E-state index is 5.98. The summed E-state index contributed by atoms with van der Waals surface area (Å²) in [4.78, 5) is 11.2. The van der Waals surface area contributed by atoms with Gasteiger partial charge in [-0.25, -0.2) is 9.97 Å². The number of pyridine rings is 1. The molecule has 0 unspecified atom stereocenters. The Kier molecular flexibility index (Phi) is 3.78. The summed E-state index contributed by atoms with van der Waals surface area (Å²) in [7, 11) is 0. The van der Waals surface area contributed by atoms with E-state index in [2.05, 4.69) is 14.9 Å². The van der Waals surface area contributed by atoms with Crippen LogP contribution in [0, 0.1) is 0 Å². The summed E-state index contributed by atoms with van der Waals surface area (Å²) in [6.07, 6.45) is 3.57. The molecule has 23 heavy (non-hydrogen) atoms. The molecular weight excluding hydrogens is 290 g/mol. The fraction of sp³-hybridized carbons (Fsp3) is 0.222. The number of nitrogens with zero attached hydrogens (tertiary/aromatic N) is 3. The van der Waals surface area contributed by atoms with Gasteiger partial charge in [0, 0.05) is 24.8 Å². The van der Waals surface area contributed by atoms with Crippen molar-refractivity contribution in [1.29, 1.82) is 0 Å². The van der Waals surface area contributed by atoms with Crippen LogP contribution in [0.15, 0.2) is 59.3 Å². The Bertz CT molecular complexity index is 780. The largest absolute Gasteiger partial charge is 0.436 e. The highest BCUT2D eigenvalue weighted by Crippen LogP contribution is 2.31. The molecule has 0 aliphatic carbocycles. The zero-order valence-corrected chi connectivity index (χ0v) is 12.7. The number of rotatable bonds is 3. The van der Waals surface area contributed by atoms with Gasteiger partial charge in [0.2, 0.25) is 5.89 Å². The number of hydrogen-bond donors (Lipinski definition) is 0. The minimum atomic E-state index is 0.596. The molecule has 1 saturated heterocycles. The van der Waals surface area contributed by atoms with Crippen molar-refractivity contribution >= 4 is 5.82 Å². The van der Waals surface area contributed by atoms with Crippen LogP contribution in [0.3, 0.4) is 0 Å². The Morgan fingerprint density at radius 1 is 0.913 bits per heavy atom. The minimum absolute atomic E-state index is 0.596. The Balaban J connectivity index is 1.70. The smallest absolute Gasteiger partial charge is 0.230 e. The van der Waals surface area contributed by atoms with Gasteiger partial charge in [-0.2, -0.15) is 0 Å². The molecule has 1 aliphatic heterocycles. The summed E-state index contributed by atoms with van der Waals surface area (Å²) in [5, 5.41) is 0. The first-order valence-electron chi connectivity index (χ1n) is 7.71. The van der Waals surface area contributed by atoms with Crippen molar-refractivity contribution < 1.29 is 9.15 Å². The van der Waals surface area contributed by atoms with Gasteiger partial charge in [-0.05, 0) is 12.1 Å². The van der Waals surface area contributed by atoms with Crippen molar-refractivity contribution in [3.05, 3.63) is 54.9 Å². The van der Waals surface area contributed by atoms with Crippen LogP contribution < -0.4 is 4.90 Å². The summed E-state index contributed by atoms with van der Waals surface area (Å²) in [6, 6.07) is 13.9. The van der Waals surface area contributed by atoms with Gasteiger partial charge in [0.1, 0.15) is 5.82 Å². The summed E-state index contributed by atoms with van der Waals surface area (Å²) in [5.41, 5.74) is 1.93. The first-order chi connectivity index (χ1) is 11.4. The predicted octanol–water partition coefficient (Wildman–Crippen LogP) is 3.24. The first kappa shape index (κ1) is 14.0. The molecule has 0 radical (unpaired) electrons. The molecule has 116 valence electrons. The predicted molar refractivity (Wildman–Crippen MR) is 88.2 cm³/mol. The standard InChI is InChI=1S/C18H17N3O2/c1-2-5-14(6-3-1)16-13-20-18(23-16)15-7-4-8-19-17(15)21-9-11-22-12-10-21/h1-8,13H,9-12H2. The molecular formula is C18H17N3O2. The van der Waals surface area contributed by atoms with Crippen molar-refractivity contribution in [2.75, 3.05) is 31.2 Å². The van der Waals surface area contributed by atoms with Gasteiger partial charge in [-0.3, -0.25) is 0 Å². The third kappa shape index (κ3) is 2.83. The lowest BCUT2D eigenvalue weighted by molar-refractivity contribution is 0.122. The summed E-state index contributed by atoms with van der Waals surface area (Å²) in [5.74, 6) is 2.26. The van der Waals surface area contributed by atoms with Crippen molar-refractivity contribution in [3.63, 3.8) is 0 Å². The van der Waals surface area contributed by atoms with Crippen LogP contribution in [0.4, 0.5) is 5.82 Å². The lowest BCUT2D eigenvalue weighted by Crippen LogP contribution is -2.37. The first-order valence-corrected chi connectivity index (χ1v) is 7.71. The second-order valence-corrected chi connectivity index (χ2v) is 5.37. The number of anilines is 1. The van der Waals surface area contributed by atoms with E-state index in [9.17, 15) is 0 Å². The molecule has 1 aromatic carbocycles. The van der Waals surface area contributed by atoms with E-state index in [1.807, 2.05) is 42.5 Å². The molecule has 0 spiro atoms. The third-order valence-electron chi connectivity index (χ3n) is 3.89. The molecule has 5 heteroatoms. The number of ether oxygens (including phenoxy) is 1. The number of benzene rings is 1. The van der Waals surface area contributed by atoms with Crippen LogP contribution in [0.5, 0.6) is 0 Å². The van der Waals surface area contributed by atoms with E-state index in [4.69, 9.17) is 9.15 Å². The monoisotopic (exact) mass is 307 g/mol. The van der Waals surface area contributed by atoms with E-state index in [-0.39, 0.29) is 0 Å². The number of aromatic nitrogens is 2. The number of oxazole rings is 1. The SMILES string of the molecule is c1ccc(-c2cnc(-c3cccnc3N3CCOCC3)o2)cc1. The van der Waals surface area contributed by atoms with E-state index < -0.39 is 0 Å². The average Bonchev–Trinajstić information content (AvgIpc) is 3.13. The molecule has 0 N–H and O–H groups in total. The van der Waals surface area contributed by atoms with E-state index >= 15 is 0 Å². The normalized spacial score (nSPS) is 14.9. The molecule has 0 atom stereocenters. The lowest BCUT2D eigenvalue weighted by Gasteiger charge is -2.28. The van der Waals surface area contributed by atoms with Crippen molar-refractivity contribution in [2.24, 2.45) is 0 Å². The van der Waals surface area contributed by atoms with Gasteiger partial charge in [0.25, 0.3) is 0 Å². The second-order valence-electron chi connectivity index (χ2n) is 5.37. The Labute approximate surface area is 134 Å². The molecule has 3 heterocycles. The zero-order valence-electron chi connectivity index (χ0n) is 12.7. The average molecular weight is 307 g/mol. The molecule has 0 bridgehead atoms. The van der Waals surface area contributed by atoms with Crippen molar-refractivity contribution in [2.45, 2.75) is 0 Å². The van der Waals surface area contributed by atoms with Gasteiger partial charge >= 0.3 is 0 Å². The van der Waals surface area contributed by atoms with Gasteiger partial charge in [0.15, 0.2) is 5.76 Å². The zero-order chi connectivity index (χ0) is 15.5. The van der Waals surface area contributed by atoms with Crippen LogP contribution in [-0.4, -0.2) is 36.3 Å². The summed E-state index contributed by atoms with van der Waals surface area (Å²) < 4.78 is 11.4. The second kappa shape index (κ2) is 6.22. The van der Waals surface area contributed by atoms with Crippen LogP contribution in [0.2, 0.25) is 0 Å². The highest BCUT2D eigenvalue weighted by molar-refractivity contribution is 5.71. The molecule has 3 aromatic rings. The summed E-state index contributed by atoms with van der Waals surface area (Å²) >= 11 is 0. The van der Waals surface area contributed by atoms with Crippen LogP contribution in [-0.2, 0) is 4.74 Å².